The molecule has 2 rings (SSSR count). The molecule has 2 aromatic rings. The molecule has 0 aliphatic carbocycles. The second-order valence-corrected chi connectivity index (χ2v) is 4.90. The Morgan fingerprint density at radius 1 is 1.10 bits per heavy atom. The smallest absolute Gasteiger partial charge is 0.126 e. The number of methoxy groups -OCH3 is 1. The first-order valence-electron chi connectivity index (χ1n) is 6.63. The van der Waals surface area contributed by atoms with Crippen molar-refractivity contribution in [2.75, 3.05) is 13.7 Å². The molecule has 3 heteroatoms. The molecule has 0 spiro atoms. The summed E-state index contributed by atoms with van der Waals surface area (Å²) in [6.45, 7) is 2.37. The molecule has 2 nitrogen and oxygen atoms in total. The summed E-state index contributed by atoms with van der Waals surface area (Å²) in [6.07, 6.45) is 0.119. The van der Waals surface area contributed by atoms with Crippen molar-refractivity contribution in [1.82, 2.24) is 0 Å². The van der Waals surface area contributed by atoms with Crippen molar-refractivity contribution in [1.29, 1.82) is 0 Å². The average molecular weight is 274 g/mol. The van der Waals surface area contributed by atoms with Crippen LogP contribution < -0.4 is 0 Å². The number of rotatable bonds is 5. The third-order valence-corrected chi connectivity index (χ3v) is 3.39. The summed E-state index contributed by atoms with van der Waals surface area (Å²) < 4.78 is 18.3. The zero-order valence-corrected chi connectivity index (χ0v) is 11.8. The van der Waals surface area contributed by atoms with Crippen LogP contribution in [0, 0.1) is 12.7 Å². The summed E-state index contributed by atoms with van der Waals surface area (Å²) in [4.78, 5) is 0. The molecule has 0 saturated carbocycles. The van der Waals surface area contributed by atoms with Gasteiger partial charge in [-0.1, -0.05) is 36.4 Å². The Morgan fingerprint density at radius 3 is 2.35 bits per heavy atom. The minimum Gasteiger partial charge on any atom is -0.384 e. The van der Waals surface area contributed by atoms with Crippen molar-refractivity contribution in [3.63, 3.8) is 0 Å². The summed E-state index contributed by atoms with van der Waals surface area (Å²) in [5, 5.41) is 10.3. The fraction of sp³-hybridized carbons (Fsp3) is 0.294. The number of hydrogen-bond acceptors (Lipinski definition) is 2. The van der Waals surface area contributed by atoms with E-state index >= 15 is 0 Å². The van der Waals surface area contributed by atoms with Gasteiger partial charge in [0.1, 0.15) is 11.9 Å². The maximum Gasteiger partial charge on any atom is 0.126 e. The van der Waals surface area contributed by atoms with Crippen molar-refractivity contribution in [3.8, 4) is 0 Å². The number of hydrogen-bond donors (Lipinski definition) is 1. The number of ether oxygens (including phenoxy) is 1. The molecular formula is C17H19FO2. The average Bonchev–Trinajstić information content (AvgIpc) is 2.48. The standard InChI is InChI=1S/C17H19FO2/c1-12-11-15(7-8-16(12)18)17(19)14-5-3-13(4-6-14)9-10-20-2/h3-8,11,17,19H,9-10H2,1-2H3. The summed E-state index contributed by atoms with van der Waals surface area (Å²) in [5.41, 5.74) is 3.21. The zero-order chi connectivity index (χ0) is 14.5. The van der Waals surface area contributed by atoms with Gasteiger partial charge >= 0.3 is 0 Å². The van der Waals surface area contributed by atoms with Crippen LogP contribution in [0.4, 0.5) is 4.39 Å². The van der Waals surface area contributed by atoms with Crippen LogP contribution in [-0.4, -0.2) is 18.8 Å². The number of aryl methyl sites for hydroxylation is 1. The van der Waals surface area contributed by atoms with Crippen LogP contribution >= 0.6 is 0 Å². The molecule has 0 aromatic heterocycles. The lowest BCUT2D eigenvalue weighted by atomic mass is 9.98. The highest BCUT2D eigenvalue weighted by Gasteiger charge is 2.11. The van der Waals surface area contributed by atoms with Crippen LogP contribution in [0.1, 0.15) is 28.4 Å². The van der Waals surface area contributed by atoms with Crippen LogP contribution in [-0.2, 0) is 11.2 Å². The molecule has 106 valence electrons. The SMILES string of the molecule is COCCc1ccc(C(O)c2ccc(F)c(C)c2)cc1. The topological polar surface area (TPSA) is 29.5 Å². The van der Waals surface area contributed by atoms with Crippen LogP contribution in [0.15, 0.2) is 42.5 Å². The van der Waals surface area contributed by atoms with Crippen LogP contribution in [0.5, 0.6) is 0 Å². The lowest BCUT2D eigenvalue weighted by Crippen LogP contribution is -2.01. The minimum atomic E-state index is -0.731. The monoisotopic (exact) mass is 274 g/mol. The van der Waals surface area contributed by atoms with E-state index in [1.807, 2.05) is 24.3 Å². The Kier molecular flexibility index (Phi) is 4.88. The largest absolute Gasteiger partial charge is 0.384 e. The van der Waals surface area contributed by atoms with Gasteiger partial charge in [0.15, 0.2) is 0 Å². The van der Waals surface area contributed by atoms with Gasteiger partial charge in [0.25, 0.3) is 0 Å². The molecule has 0 fully saturated rings. The van der Waals surface area contributed by atoms with Gasteiger partial charge in [-0.15, -0.1) is 0 Å². The predicted molar refractivity (Wildman–Crippen MR) is 77.2 cm³/mol. The van der Waals surface area contributed by atoms with Crippen molar-refractivity contribution in [2.24, 2.45) is 0 Å². The highest BCUT2D eigenvalue weighted by molar-refractivity contribution is 5.34. The Bertz CT molecular complexity index is 564. The van der Waals surface area contributed by atoms with E-state index in [2.05, 4.69) is 0 Å². The van der Waals surface area contributed by atoms with E-state index in [-0.39, 0.29) is 5.82 Å². The van der Waals surface area contributed by atoms with E-state index in [1.54, 1.807) is 26.2 Å². The first kappa shape index (κ1) is 14.7. The molecule has 2 aromatic carbocycles. The van der Waals surface area contributed by atoms with Gasteiger partial charge in [0.05, 0.1) is 6.61 Å². The molecule has 0 aliphatic heterocycles. The molecule has 0 amide bonds. The van der Waals surface area contributed by atoms with E-state index in [0.717, 1.165) is 17.5 Å². The Balaban J connectivity index is 2.15. The molecular weight excluding hydrogens is 255 g/mol. The van der Waals surface area contributed by atoms with Gasteiger partial charge in [-0.3, -0.25) is 0 Å². The van der Waals surface area contributed by atoms with Crippen molar-refractivity contribution in [3.05, 3.63) is 70.5 Å². The molecule has 20 heavy (non-hydrogen) atoms. The van der Waals surface area contributed by atoms with Crippen LogP contribution in [0.2, 0.25) is 0 Å². The Hall–Kier alpha value is -1.71. The van der Waals surface area contributed by atoms with Gasteiger partial charge in [0.2, 0.25) is 0 Å². The normalized spacial score (nSPS) is 12.4. The first-order valence-corrected chi connectivity index (χ1v) is 6.63. The third kappa shape index (κ3) is 3.44. The fourth-order valence-electron chi connectivity index (χ4n) is 2.12. The van der Waals surface area contributed by atoms with E-state index in [4.69, 9.17) is 4.74 Å². The fourth-order valence-corrected chi connectivity index (χ4v) is 2.12. The Labute approximate surface area is 118 Å². The number of aliphatic hydroxyl groups is 1. The maximum atomic E-state index is 13.2. The van der Waals surface area contributed by atoms with Crippen LogP contribution in [0.25, 0.3) is 0 Å². The van der Waals surface area contributed by atoms with Gasteiger partial charge in [-0.2, -0.15) is 0 Å². The van der Waals surface area contributed by atoms with E-state index in [1.165, 1.54) is 6.07 Å². The summed E-state index contributed by atoms with van der Waals surface area (Å²) in [6, 6.07) is 12.4. The second-order valence-electron chi connectivity index (χ2n) is 4.90. The van der Waals surface area contributed by atoms with Crippen molar-refractivity contribution in [2.45, 2.75) is 19.4 Å². The molecule has 1 N–H and O–H groups in total. The summed E-state index contributed by atoms with van der Waals surface area (Å²) in [7, 11) is 1.68. The van der Waals surface area contributed by atoms with Gasteiger partial charge < -0.3 is 9.84 Å². The quantitative estimate of drug-likeness (QED) is 0.905. The molecule has 0 heterocycles. The van der Waals surface area contributed by atoms with E-state index in [0.29, 0.717) is 17.7 Å². The molecule has 1 unspecified atom stereocenters. The van der Waals surface area contributed by atoms with E-state index < -0.39 is 6.10 Å². The molecule has 0 radical (unpaired) electrons. The zero-order valence-electron chi connectivity index (χ0n) is 11.8. The molecule has 0 bridgehead atoms. The highest BCUT2D eigenvalue weighted by Crippen LogP contribution is 2.24. The van der Waals surface area contributed by atoms with Crippen molar-refractivity contribution >= 4 is 0 Å². The second kappa shape index (κ2) is 6.64. The maximum absolute atomic E-state index is 13.2. The Morgan fingerprint density at radius 2 is 1.75 bits per heavy atom. The van der Waals surface area contributed by atoms with Crippen LogP contribution in [0.3, 0.4) is 0 Å². The highest BCUT2D eigenvalue weighted by atomic mass is 19.1. The lowest BCUT2D eigenvalue weighted by Gasteiger charge is -2.13. The number of halogens is 1. The summed E-state index contributed by atoms with van der Waals surface area (Å²) in [5.74, 6) is -0.254. The lowest BCUT2D eigenvalue weighted by molar-refractivity contribution is 0.202. The van der Waals surface area contributed by atoms with Gasteiger partial charge in [-0.05, 0) is 41.7 Å². The number of aliphatic hydroxyl groups excluding tert-OH is 1. The summed E-state index contributed by atoms with van der Waals surface area (Å²) >= 11 is 0. The molecule has 1 atom stereocenters. The van der Waals surface area contributed by atoms with E-state index in [9.17, 15) is 9.50 Å². The predicted octanol–water partition coefficient (Wildman–Crippen LogP) is 3.40. The van der Waals surface area contributed by atoms with Gasteiger partial charge in [0, 0.05) is 7.11 Å². The first-order chi connectivity index (χ1) is 9.61. The van der Waals surface area contributed by atoms with Crippen molar-refractivity contribution < 1.29 is 14.2 Å². The molecule has 0 aliphatic rings. The third-order valence-electron chi connectivity index (χ3n) is 3.39. The van der Waals surface area contributed by atoms with Gasteiger partial charge in [-0.25, -0.2) is 4.39 Å². The molecule has 0 saturated heterocycles. The minimum absolute atomic E-state index is 0.254. The number of benzene rings is 2.